The highest BCUT2D eigenvalue weighted by Crippen LogP contribution is 2.41. The van der Waals surface area contributed by atoms with Crippen molar-refractivity contribution >= 4 is 0 Å². The summed E-state index contributed by atoms with van der Waals surface area (Å²) >= 11 is 0. The highest BCUT2D eigenvalue weighted by molar-refractivity contribution is 5.55. The van der Waals surface area contributed by atoms with Gasteiger partial charge in [-0.3, -0.25) is 0 Å². The number of rotatable bonds is 13. The Morgan fingerprint density at radius 1 is 0.510 bits per heavy atom. The zero-order chi connectivity index (χ0) is 37.0. The Bertz CT molecular complexity index is 1960. The van der Waals surface area contributed by atoms with Gasteiger partial charge in [-0.2, -0.15) is 0 Å². The molecule has 0 amide bonds. The average molecular weight is 683 g/mol. The Balaban J connectivity index is 1.34. The Hall–Kier alpha value is -4.96. The van der Waals surface area contributed by atoms with E-state index in [9.17, 15) is 0 Å². The molecule has 0 radical (unpaired) electrons. The lowest BCUT2D eigenvalue weighted by atomic mass is 9.76. The summed E-state index contributed by atoms with van der Waals surface area (Å²) in [6, 6.07) is 25.9. The molecule has 0 saturated carbocycles. The lowest BCUT2D eigenvalue weighted by molar-refractivity contribution is 0.301. The van der Waals surface area contributed by atoms with Crippen LogP contribution in [-0.4, -0.2) is 6.61 Å². The van der Waals surface area contributed by atoms with E-state index < -0.39 is 0 Å². The van der Waals surface area contributed by atoms with Crippen LogP contribution in [0.3, 0.4) is 0 Å². The molecule has 4 nitrogen and oxygen atoms in total. The van der Waals surface area contributed by atoms with E-state index in [0.29, 0.717) is 13.2 Å². The van der Waals surface area contributed by atoms with Crippen LogP contribution in [0, 0.1) is 55.4 Å². The van der Waals surface area contributed by atoms with Crippen molar-refractivity contribution in [3.05, 3.63) is 152 Å². The third-order valence-electron chi connectivity index (χ3n) is 9.83. The summed E-state index contributed by atoms with van der Waals surface area (Å²) < 4.78 is 25.3. The molecule has 0 saturated heterocycles. The van der Waals surface area contributed by atoms with E-state index in [1.54, 1.807) is 6.08 Å². The van der Waals surface area contributed by atoms with E-state index in [2.05, 4.69) is 130 Å². The predicted octanol–water partition coefficient (Wildman–Crippen LogP) is 12.8. The van der Waals surface area contributed by atoms with Gasteiger partial charge in [-0.25, -0.2) is 0 Å². The first-order valence-corrected chi connectivity index (χ1v) is 18.0. The molecule has 266 valence electrons. The van der Waals surface area contributed by atoms with E-state index in [0.717, 1.165) is 91.0 Å². The molecule has 5 rings (SSSR count). The van der Waals surface area contributed by atoms with Crippen LogP contribution < -0.4 is 18.9 Å². The SMILES string of the molecule is C=CCOc1c(C)cc(Oc2c(C)cc(C(C)(C)c3cc(C)c(Oc4cc(C)c(OCc5ccc(CC)cc5)c(C)c4)c(C)c3)cc2C)cc1C. The molecule has 5 aromatic carbocycles. The van der Waals surface area contributed by atoms with E-state index in [-0.39, 0.29) is 5.41 Å². The van der Waals surface area contributed by atoms with Crippen molar-refractivity contribution in [3.8, 4) is 34.5 Å². The molecule has 4 heteroatoms. The third-order valence-corrected chi connectivity index (χ3v) is 9.83. The van der Waals surface area contributed by atoms with E-state index in [1.807, 2.05) is 26.0 Å². The predicted molar refractivity (Wildman–Crippen MR) is 212 cm³/mol. The Morgan fingerprint density at radius 3 is 1.24 bits per heavy atom. The van der Waals surface area contributed by atoms with Crippen molar-refractivity contribution < 1.29 is 18.9 Å². The van der Waals surface area contributed by atoms with Crippen molar-refractivity contribution in [2.24, 2.45) is 0 Å². The maximum atomic E-state index is 6.59. The van der Waals surface area contributed by atoms with Crippen molar-refractivity contribution in [1.82, 2.24) is 0 Å². The average Bonchev–Trinajstić information content (AvgIpc) is 3.07. The number of hydrogen-bond donors (Lipinski definition) is 0. The number of aryl methyl sites for hydroxylation is 9. The van der Waals surface area contributed by atoms with Gasteiger partial charge in [0.05, 0.1) is 0 Å². The summed E-state index contributed by atoms with van der Waals surface area (Å²) in [7, 11) is 0. The first-order valence-electron chi connectivity index (χ1n) is 18.0. The molecule has 0 aromatic heterocycles. The summed E-state index contributed by atoms with van der Waals surface area (Å²) in [5.74, 6) is 5.19. The fourth-order valence-electron chi connectivity index (χ4n) is 6.91. The fraction of sp³-hybridized carbons (Fsp3) is 0.319. The summed E-state index contributed by atoms with van der Waals surface area (Å²) in [5, 5.41) is 0. The van der Waals surface area contributed by atoms with Crippen LogP contribution in [0.25, 0.3) is 0 Å². The van der Waals surface area contributed by atoms with Gasteiger partial charge in [0.25, 0.3) is 0 Å². The first-order chi connectivity index (χ1) is 24.2. The van der Waals surface area contributed by atoms with E-state index >= 15 is 0 Å². The quantitative estimate of drug-likeness (QED) is 0.116. The fourth-order valence-corrected chi connectivity index (χ4v) is 6.91. The van der Waals surface area contributed by atoms with Gasteiger partial charge in [0.1, 0.15) is 47.7 Å². The van der Waals surface area contributed by atoms with Crippen LogP contribution in [0.2, 0.25) is 0 Å². The second-order valence-electron chi connectivity index (χ2n) is 14.5. The summed E-state index contributed by atoms with van der Waals surface area (Å²) in [5.41, 5.74) is 13.3. The molecular weight excluding hydrogens is 629 g/mol. The zero-order valence-corrected chi connectivity index (χ0v) is 32.5. The topological polar surface area (TPSA) is 36.9 Å². The number of hydrogen-bond acceptors (Lipinski definition) is 4. The third kappa shape index (κ3) is 8.34. The second kappa shape index (κ2) is 15.5. The molecule has 0 bridgehead atoms. The molecule has 5 aromatic rings. The van der Waals surface area contributed by atoms with Gasteiger partial charge < -0.3 is 18.9 Å². The molecule has 0 aliphatic carbocycles. The van der Waals surface area contributed by atoms with Gasteiger partial charge in [0.2, 0.25) is 0 Å². The molecule has 0 heterocycles. The first kappa shape index (κ1) is 37.3. The molecule has 0 atom stereocenters. The Kier molecular flexibility index (Phi) is 11.3. The monoisotopic (exact) mass is 682 g/mol. The molecule has 0 aliphatic rings. The Labute approximate surface area is 306 Å². The molecular formula is C47H54O4. The minimum Gasteiger partial charge on any atom is -0.489 e. The molecule has 51 heavy (non-hydrogen) atoms. The molecule has 0 spiro atoms. The highest BCUT2D eigenvalue weighted by Gasteiger charge is 2.27. The lowest BCUT2D eigenvalue weighted by Crippen LogP contribution is -2.20. The largest absolute Gasteiger partial charge is 0.489 e. The normalized spacial score (nSPS) is 11.4. The van der Waals surface area contributed by atoms with Crippen molar-refractivity contribution in [1.29, 1.82) is 0 Å². The van der Waals surface area contributed by atoms with E-state index in [1.165, 1.54) is 16.7 Å². The van der Waals surface area contributed by atoms with Gasteiger partial charge >= 0.3 is 0 Å². The standard InChI is InChI=1S/C47H54O4/c1-13-19-48-43-33(7)24-41(25-34(43)8)50-45-29(3)20-39(21-30(45)4)47(11,12)40-22-31(5)46(32(6)23-40)51-42-26-35(9)44(36(10)27-42)49-28-38-17-15-37(14-2)16-18-38/h13,15-18,20-27H,1,14,19,28H2,2-12H3. The second-order valence-corrected chi connectivity index (χ2v) is 14.5. The summed E-state index contributed by atoms with van der Waals surface area (Å²) in [6.07, 6.45) is 2.80. The maximum absolute atomic E-state index is 6.59. The number of benzene rings is 5. The molecule has 0 fully saturated rings. The van der Waals surface area contributed by atoms with Crippen LogP contribution in [0.5, 0.6) is 34.5 Å². The molecule has 0 unspecified atom stereocenters. The van der Waals surface area contributed by atoms with Crippen LogP contribution in [0.4, 0.5) is 0 Å². The van der Waals surface area contributed by atoms with Gasteiger partial charge in [0, 0.05) is 5.41 Å². The van der Waals surface area contributed by atoms with Crippen LogP contribution in [0.15, 0.2) is 85.5 Å². The van der Waals surface area contributed by atoms with Gasteiger partial charge in [0.15, 0.2) is 0 Å². The Morgan fingerprint density at radius 2 is 0.863 bits per heavy atom. The minimum atomic E-state index is -0.248. The maximum Gasteiger partial charge on any atom is 0.133 e. The van der Waals surface area contributed by atoms with Crippen LogP contribution >= 0.6 is 0 Å². The van der Waals surface area contributed by atoms with Crippen LogP contribution in [-0.2, 0) is 18.4 Å². The van der Waals surface area contributed by atoms with Crippen molar-refractivity contribution in [2.75, 3.05) is 6.61 Å². The zero-order valence-electron chi connectivity index (χ0n) is 32.5. The number of ether oxygens (including phenoxy) is 4. The van der Waals surface area contributed by atoms with Gasteiger partial charge in [-0.1, -0.05) is 82.0 Å². The molecule has 0 N–H and O–H groups in total. The van der Waals surface area contributed by atoms with Crippen LogP contribution in [0.1, 0.15) is 87.5 Å². The summed E-state index contributed by atoms with van der Waals surface area (Å²) in [4.78, 5) is 0. The smallest absolute Gasteiger partial charge is 0.133 e. The minimum absolute atomic E-state index is 0.248. The lowest BCUT2D eigenvalue weighted by Gasteiger charge is -2.29. The van der Waals surface area contributed by atoms with Gasteiger partial charge in [-0.05, 0) is 153 Å². The highest BCUT2D eigenvalue weighted by atomic mass is 16.5. The van der Waals surface area contributed by atoms with Gasteiger partial charge in [-0.15, -0.1) is 0 Å². The van der Waals surface area contributed by atoms with Crippen molar-refractivity contribution in [3.63, 3.8) is 0 Å². The van der Waals surface area contributed by atoms with Crippen molar-refractivity contribution in [2.45, 2.75) is 94.6 Å². The van der Waals surface area contributed by atoms with E-state index in [4.69, 9.17) is 18.9 Å². The molecule has 0 aliphatic heterocycles. The summed E-state index contributed by atoms with van der Waals surface area (Å²) in [6.45, 7) is 28.3.